The van der Waals surface area contributed by atoms with Gasteiger partial charge < -0.3 is 31.5 Å². The molecule has 0 radical (unpaired) electrons. The van der Waals surface area contributed by atoms with E-state index in [2.05, 4.69) is 33.5 Å². The quantitative estimate of drug-likeness (QED) is 0.290. The van der Waals surface area contributed by atoms with Gasteiger partial charge in [-0.1, -0.05) is 69.7 Å². The Bertz CT molecular complexity index is 1410. The first-order valence-electron chi connectivity index (χ1n) is 16.8. The van der Waals surface area contributed by atoms with E-state index in [4.69, 9.17) is 0 Å². The number of nitrogens with one attached hydrogen (secondary N) is 5. The normalized spacial score (nSPS) is 22.1. The minimum atomic E-state index is -1.05. The molecule has 3 rings (SSSR count). The topological polar surface area (TPSA) is 166 Å². The summed E-state index contributed by atoms with van der Waals surface area (Å²) < 4.78 is 0. The smallest absolute Gasteiger partial charge is 0.251 e. The van der Waals surface area contributed by atoms with E-state index in [0.717, 1.165) is 30.4 Å². The average Bonchev–Trinajstić information content (AvgIpc) is 3.06. The maximum Gasteiger partial charge on any atom is 0.251 e. The zero-order chi connectivity index (χ0) is 35.2. The number of likely N-dealkylation sites (N-methyl/N-ethyl adjacent to an activating group) is 1. The van der Waals surface area contributed by atoms with Crippen LogP contribution in [0.4, 0.5) is 0 Å². The van der Waals surface area contributed by atoms with Crippen LogP contribution >= 0.6 is 0 Å². The number of hydrogen-bond donors (Lipinski definition) is 5. The van der Waals surface area contributed by atoms with Gasteiger partial charge >= 0.3 is 0 Å². The summed E-state index contributed by atoms with van der Waals surface area (Å²) in [6, 6.07) is 12.3. The lowest BCUT2D eigenvalue weighted by atomic mass is 10.0. The number of unbranched alkanes of at least 4 members (excludes halogenated alkanes) is 1. The molecule has 6 amide bonds. The number of carbonyl (C=O) groups is 6. The summed E-state index contributed by atoms with van der Waals surface area (Å²) in [7, 11) is 1.48. The van der Waals surface area contributed by atoms with Crippen molar-refractivity contribution in [2.24, 2.45) is 5.92 Å². The second-order valence-corrected chi connectivity index (χ2v) is 12.7. The Morgan fingerprint density at radius 1 is 0.896 bits per heavy atom. The first-order chi connectivity index (χ1) is 22.9. The Hall–Kier alpha value is -4.74. The van der Waals surface area contributed by atoms with Gasteiger partial charge in [0.15, 0.2) is 0 Å². The van der Waals surface area contributed by atoms with Crippen LogP contribution in [0, 0.1) is 5.92 Å². The van der Waals surface area contributed by atoms with Crippen molar-refractivity contribution in [1.82, 2.24) is 31.5 Å². The van der Waals surface area contributed by atoms with Gasteiger partial charge in [0.2, 0.25) is 29.5 Å². The Morgan fingerprint density at radius 2 is 1.58 bits per heavy atom. The molecule has 12 nitrogen and oxygen atoms in total. The average molecular weight is 663 g/mol. The molecule has 0 unspecified atom stereocenters. The van der Waals surface area contributed by atoms with Crippen molar-refractivity contribution in [3.8, 4) is 0 Å². The van der Waals surface area contributed by atoms with Gasteiger partial charge in [-0.05, 0) is 61.8 Å². The van der Waals surface area contributed by atoms with Crippen LogP contribution < -0.4 is 26.6 Å². The molecule has 260 valence electrons. The van der Waals surface area contributed by atoms with Gasteiger partial charge in [0, 0.05) is 25.6 Å². The van der Waals surface area contributed by atoms with Crippen LogP contribution in [0.25, 0.3) is 0 Å². The lowest BCUT2D eigenvalue weighted by Crippen LogP contribution is -2.59. The number of aryl methyl sites for hydroxylation is 1. The van der Waals surface area contributed by atoms with E-state index in [-0.39, 0.29) is 31.8 Å². The van der Waals surface area contributed by atoms with E-state index in [0.29, 0.717) is 12.0 Å². The lowest BCUT2D eigenvalue weighted by Gasteiger charge is -2.28. The van der Waals surface area contributed by atoms with E-state index < -0.39 is 59.6 Å². The number of benzene rings is 2. The molecule has 48 heavy (non-hydrogen) atoms. The van der Waals surface area contributed by atoms with Gasteiger partial charge in [-0.15, -0.1) is 0 Å². The van der Waals surface area contributed by atoms with Gasteiger partial charge in [-0.2, -0.15) is 0 Å². The number of rotatable bonds is 8. The summed E-state index contributed by atoms with van der Waals surface area (Å²) >= 11 is 0. The largest absolute Gasteiger partial charge is 0.355 e. The van der Waals surface area contributed by atoms with Crippen LogP contribution in [-0.4, -0.2) is 84.6 Å². The predicted octanol–water partition coefficient (Wildman–Crippen LogP) is 1.87. The van der Waals surface area contributed by atoms with Crippen LogP contribution in [0.15, 0.2) is 54.6 Å². The maximum atomic E-state index is 13.6. The Morgan fingerprint density at radius 3 is 2.23 bits per heavy atom. The fraction of sp³-hybridized carbons (Fsp3) is 0.500. The number of carbonyl (C=O) groups excluding carboxylic acids is 6. The first kappa shape index (κ1) is 37.7. The summed E-state index contributed by atoms with van der Waals surface area (Å²) in [6.45, 7) is 7.05. The molecule has 0 saturated carbocycles. The molecule has 2 aromatic rings. The number of nitrogens with zero attached hydrogens (tertiary/aromatic N) is 1. The van der Waals surface area contributed by atoms with Gasteiger partial charge in [0.25, 0.3) is 5.91 Å². The second kappa shape index (κ2) is 18.6. The minimum Gasteiger partial charge on any atom is -0.355 e. The SMILES string of the molecule is CCCCc1ccc(C(=O)N[C@H]2CCCNC(=O)CN(C)C(=O)[C@H](Cc3ccccc3)NC(=O)[C@@H](C)NC(=O)[C@@H](C(C)C)NC2=O)cc1. The molecule has 1 heterocycles. The van der Waals surface area contributed by atoms with E-state index in [1.807, 2.05) is 42.5 Å². The summed E-state index contributed by atoms with van der Waals surface area (Å²) in [5.41, 5.74) is 2.32. The summed E-state index contributed by atoms with van der Waals surface area (Å²) in [5.74, 6) is -3.41. The van der Waals surface area contributed by atoms with E-state index in [9.17, 15) is 28.8 Å². The van der Waals surface area contributed by atoms with Crippen LogP contribution in [0.1, 0.15) is 74.9 Å². The van der Waals surface area contributed by atoms with Crippen molar-refractivity contribution >= 4 is 35.4 Å². The highest BCUT2D eigenvalue weighted by atomic mass is 16.2. The minimum absolute atomic E-state index is 0.172. The molecule has 1 saturated heterocycles. The molecule has 0 bridgehead atoms. The molecule has 1 fully saturated rings. The van der Waals surface area contributed by atoms with E-state index >= 15 is 0 Å². The zero-order valence-corrected chi connectivity index (χ0v) is 28.6. The molecule has 1 aliphatic rings. The van der Waals surface area contributed by atoms with Crippen LogP contribution in [0.2, 0.25) is 0 Å². The third kappa shape index (κ3) is 11.5. The van der Waals surface area contributed by atoms with Crippen LogP contribution in [-0.2, 0) is 36.8 Å². The number of amides is 6. The molecule has 12 heteroatoms. The maximum absolute atomic E-state index is 13.6. The van der Waals surface area contributed by atoms with Crippen molar-refractivity contribution in [3.05, 3.63) is 71.3 Å². The Kier molecular flexibility index (Phi) is 14.6. The standard InChI is InChI=1S/C36H50N6O6/c1-6-7-12-25-16-18-27(19-17-25)33(45)39-28-15-11-20-37-30(43)22-42(5)36(48)29(21-26-13-9-8-10-14-26)40-32(44)24(4)38-35(47)31(23(2)3)41-34(28)46/h8-10,13-14,16-19,23-24,28-29,31H,6-7,11-12,15,20-22H2,1-5H3,(H,37,43)(H,38,47)(H,39,45)(H,40,44)(H,41,46)/t24-,28+,29+,31-/m1/s1. The van der Waals surface area contributed by atoms with Crippen molar-refractivity contribution < 1.29 is 28.8 Å². The highest BCUT2D eigenvalue weighted by molar-refractivity contribution is 5.99. The molecule has 5 N–H and O–H groups in total. The van der Waals surface area contributed by atoms with Gasteiger partial charge in [0.05, 0.1) is 6.54 Å². The van der Waals surface area contributed by atoms with Gasteiger partial charge in [-0.25, -0.2) is 0 Å². The van der Waals surface area contributed by atoms with E-state index in [1.54, 1.807) is 26.0 Å². The molecule has 0 spiro atoms. The first-order valence-corrected chi connectivity index (χ1v) is 16.8. The van der Waals surface area contributed by atoms with E-state index in [1.165, 1.54) is 18.9 Å². The number of hydrogen-bond acceptors (Lipinski definition) is 6. The highest BCUT2D eigenvalue weighted by Crippen LogP contribution is 2.11. The van der Waals surface area contributed by atoms with Crippen molar-refractivity contribution in [2.75, 3.05) is 20.1 Å². The fourth-order valence-electron chi connectivity index (χ4n) is 5.37. The third-order valence-corrected chi connectivity index (χ3v) is 8.30. The molecule has 0 aromatic heterocycles. The van der Waals surface area contributed by atoms with Crippen molar-refractivity contribution in [2.45, 2.75) is 90.4 Å². The van der Waals surface area contributed by atoms with Crippen molar-refractivity contribution in [1.29, 1.82) is 0 Å². The predicted molar refractivity (Wildman–Crippen MR) is 183 cm³/mol. The summed E-state index contributed by atoms with van der Waals surface area (Å²) in [6.07, 6.45) is 3.70. The summed E-state index contributed by atoms with van der Waals surface area (Å²) in [4.78, 5) is 81.0. The molecule has 0 aliphatic carbocycles. The van der Waals surface area contributed by atoms with Crippen LogP contribution in [0.5, 0.6) is 0 Å². The summed E-state index contributed by atoms with van der Waals surface area (Å²) in [5, 5.41) is 13.7. The molecule has 4 atom stereocenters. The molecular weight excluding hydrogens is 612 g/mol. The molecular formula is C36H50N6O6. The third-order valence-electron chi connectivity index (χ3n) is 8.30. The molecule has 1 aliphatic heterocycles. The fourth-order valence-corrected chi connectivity index (χ4v) is 5.37. The Balaban J connectivity index is 1.82. The van der Waals surface area contributed by atoms with Gasteiger partial charge in [0.1, 0.15) is 24.2 Å². The molecule has 2 aromatic carbocycles. The highest BCUT2D eigenvalue weighted by Gasteiger charge is 2.32. The van der Waals surface area contributed by atoms with Crippen LogP contribution in [0.3, 0.4) is 0 Å². The van der Waals surface area contributed by atoms with Crippen molar-refractivity contribution in [3.63, 3.8) is 0 Å². The van der Waals surface area contributed by atoms with Gasteiger partial charge in [-0.3, -0.25) is 28.8 Å². The second-order valence-electron chi connectivity index (χ2n) is 12.7. The zero-order valence-electron chi connectivity index (χ0n) is 28.6. The Labute approximate surface area is 283 Å². The lowest BCUT2D eigenvalue weighted by molar-refractivity contribution is -0.139. The monoisotopic (exact) mass is 662 g/mol.